The smallest absolute Gasteiger partial charge is 0.0366 e. The van der Waals surface area contributed by atoms with Gasteiger partial charge in [0.05, 0.1) is 0 Å². The van der Waals surface area contributed by atoms with E-state index in [1.54, 1.807) is 0 Å². The van der Waals surface area contributed by atoms with Gasteiger partial charge < -0.3 is 10.2 Å². The zero-order valence-electron chi connectivity index (χ0n) is 12.8. The molecule has 1 atom stereocenters. The van der Waals surface area contributed by atoms with E-state index < -0.39 is 0 Å². The molecule has 0 aliphatic carbocycles. The molecule has 2 nitrogen and oxygen atoms in total. The Hall–Kier alpha value is -0.670. The third-order valence-corrected chi connectivity index (χ3v) is 4.44. The van der Waals surface area contributed by atoms with Gasteiger partial charge in [0.1, 0.15) is 0 Å². The second-order valence-corrected chi connectivity index (χ2v) is 6.10. The van der Waals surface area contributed by atoms with Crippen LogP contribution in [0.2, 0.25) is 0 Å². The van der Waals surface area contributed by atoms with E-state index >= 15 is 0 Å². The van der Waals surface area contributed by atoms with E-state index in [0.29, 0.717) is 6.04 Å². The van der Waals surface area contributed by atoms with Crippen LogP contribution < -0.4 is 10.2 Å². The maximum Gasteiger partial charge on any atom is 0.0366 e. The van der Waals surface area contributed by atoms with Crippen molar-refractivity contribution in [1.82, 2.24) is 5.32 Å². The largest absolute Gasteiger partial charge is 0.372 e. The number of thioether (sulfide) groups is 1. The molecule has 1 aromatic carbocycles. The molecule has 0 bridgehead atoms. The lowest BCUT2D eigenvalue weighted by molar-refractivity contribution is 0.596. The van der Waals surface area contributed by atoms with E-state index in [0.717, 1.165) is 19.6 Å². The van der Waals surface area contributed by atoms with Gasteiger partial charge in [0.25, 0.3) is 0 Å². The zero-order valence-corrected chi connectivity index (χ0v) is 13.6. The van der Waals surface area contributed by atoms with E-state index in [-0.39, 0.29) is 0 Å². The molecule has 19 heavy (non-hydrogen) atoms. The van der Waals surface area contributed by atoms with Gasteiger partial charge in [0.2, 0.25) is 0 Å². The molecule has 0 amide bonds. The van der Waals surface area contributed by atoms with Crippen LogP contribution in [0.3, 0.4) is 0 Å². The topological polar surface area (TPSA) is 15.3 Å². The Morgan fingerprint density at radius 3 is 2.26 bits per heavy atom. The highest BCUT2D eigenvalue weighted by molar-refractivity contribution is 7.99. The number of benzene rings is 1. The first-order valence-corrected chi connectivity index (χ1v) is 8.51. The normalized spacial score (nSPS) is 12.4. The lowest BCUT2D eigenvalue weighted by atomic mass is 10.2. The van der Waals surface area contributed by atoms with Gasteiger partial charge in [-0.05, 0) is 44.2 Å². The molecule has 0 saturated heterocycles. The van der Waals surface area contributed by atoms with Crippen molar-refractivity contribution in [2.75, 3.05) is 29.5 Å². The summed E-state index contributed by atoms with van der Waals surface area (Å²) in [5, 5.41) is 3.58. The molecule has 0 saturated carbocycles. The molecule has 0 spiro atoms. The quantitative estimate of drug-likeness (QED) is 0.741. The molecule has 3 heteroatoms. The second-order valence-electron chi connectivity index (χ2n) is 4.78. The Morgan fingerprint density at radius 1 is 1.11 bits per heavy atom. The monoisotopic (exact) mass is 280 g/mol. The molecule has 0 fully saturated rings. The lowest BCUT2D eigenvalue weighted by Crippen LogP contribution is -2.27. The second kappa shape index (κ2) is 9.27. The van der Waals surface area contributed by atoms with E-state index in [1.807, 2.05) is 11.8 Å². The minimum Gasteiger partial charge on any atom is -0.372 e. The molecule has 108 valence electrons. The van der Waals surface area contributed by atoms with Gasteiger partial charge in [0.15, 0.2) is 0 Å². The van der Waals surface area contributed by atoms with Crippen LogP contribution in [0.15, 0.2) is 24.3 Å². The van der Waals surface area contributed by atoms with Gasteiger partial charge >= 0.3 is 0 Å². The van der Waals surface area contributed by atoms with Crippen LogP contribution in [0.25, 0.3) is 0 Å². The fraction of sp³-hybridized carbons (Fsp3) is 0.625. The summed E-state index contributed by atoms with van der Waals surface area (Å²) in [5.74, 6) is 2.39. The fourth-order valence-electron chi connectivity index (χ4n) is 2.06. The van der Waals surface area contributed by atoms with Crippen molar-refractivity contribution in [3.63, 3.8) is 0 Å². The minimum atomic E-state index is 0.576. The van der Waals surface area contributed by atoms with Gasteiger partial charge in [-0.2, -0.15) is 11.8 Å². The highest BCUT2D eigenvalue weighted by Crippen LogP contribution is 2.15. The summed E-state index contributed by atoms with van der Waals surface area (Å²) in [7, 11) is 0. The molecular weight excluding hydrogens is 252 g/mol. The van der Waals surface area contributed by atoms with Crippen LogP contribution in [0, 0.1) is 0 Å². The van der Waals surface area contributed by atoms with E-state index in [9.17, 15) is 0 Å². The number of nitrogens with one attached hydrogen (secondary N) is 1. The van der Waals surface area contributed by atoms with Gasteiger partial charge in [0, 0.05) is 37.1 Å². The van der Waals surface area contributed by atoms with Crippen molar-refractivity contribution in [2.24, 2.45) is 0 Å². The Balaban J connectivity index is 2.43. The maximum atomic E-state index is 3.58. The van der Waals surface area contributed by atoms with Crippen LogP contribution in [-0.2, 0) is 6.54 Å². The van der Waals surface area contributed by atoms with Gasteiger partial charge in [-0.25, -0.2) is 0 Å². The van der Waals surface area contributed by atoms with Crippen LogP contribution >= 0.6 is 11.8 Å². The van der Waals surface area contributed by atoms with Gasteiger partial charge in [-0.1, -0.05) is 19.1 Å². The van der Waals surface area contributed by atoms with Crippen LogP contribution in [0.5, 0.6) is 0 Å². The first kappa shape index (κ1) is 16.4. The van der Waals surface area contributed by atoms with Crippen molar-refractivity contribution < 1.29 is 0 Å². The average molecular weight is 280 g/mol. The Morgan fingerprint density at radius 2 is 1.74 bits per heavy atom. The molecular formula is C16H28N2S. The third kappa shape index (κ3) is 5.87. The molecule has 1 rings (SSSR count). The molecule has 1 aromatic rings. The summed E-state index contributed by atoms with van der Waals surface area (Å²) in [6.07, 6.45) is 0. The SMILES string of the molecule is CCSCC(C)NCc1ccc(N(CC)CC)cc1. The molecule has 1 unspecified atom stereocenters. The van der Waals surface area contributed by atoms with Gasteiger partial charge in [-0.15, -0.1) is 0 Å². The number of nitrogens with zero attached hydrogens (tertiary/aromatic N) is 1. The van der Waals surface area contributed by atoms with E-state index in [1.165, 1.54) is 22.8 Å². The molecule has 1 N–H and O–H groups in total. The third-order valence-electron chi connectivity index (χ3n) is 3.29. The summed E-state index contributed by atoms with van der Waals surface area (Å²) in [6.45, 7) is 12.0. The first-order chi connectivity index (χ1) is 9.21. The summed E-state index contributed by atoms with van der Waals surface area (Å²) in [5.41, 5.74) is 2.69. The summed E-state index contributed by atoms with van der Waals surface area (Å²) < 4.78 is 0. The number of hydrogen-bond donors (Lipinski definition) is 1. The van der Waals surface area contributed by atoms with E-state index in [4.69, 9.17) is 0 Å². The molecule has 0 aliphatic rings. The first-order valence-electron chi connectivity index (χ1n) is 7.36. The average Bonchev–Trinajstić information content (AvgIpc) is 2.45. The summed E-state index contributed by atoms with van der Waals surface area (Å²) in [4.78, 5) is 2.37. The van der Waals surface area contributed by atoms with Crippen LogP contribution in [0.1, 0.15) is 33.3 Å². The van der Waals surface area contributed by atoms with Crippen LogP contribution in [0.4, 0.5) is 5.69 Å². The van der Waals surface area contributed by atoms with Crippen molar-refractivity contribution >= 4 is 17.4 Å². The number of hydrogen-bond acceptors (Lipinski definition) is 3. The van der Waals surface area contributed by atoms with Crippen molar-refractivity contribution in [3.05, 3.63) is 29.8 Å². The zero-order chi connectivity index (χ0) is 14.1. The Labute approximate surface area is 123 Å². The predicted molar refractivity (Wildman–Crippen MR) is 89.3 cm³/mol. The lowest BCUT2D eigenvalue weighted by Gasteiger charge is -2.21. The van der Waals surface area contributed by atoms with Crippen LogP contribution in [-0.4, -0.2) is 30.6 Å². The number of rotatable bonds is 9. The Kier molecular flexibility index (Phi) is 7.99. The van der Waals surface area contributed by atoms with E-state index in [2.05, 4.69) is 62.2 Å². The maximum absolute atomic E-state index is 3.58. The number of anilines is 1. The molecule has 0 heterocycles. The fourth-order valence-corrected chi connectivity index (χ4v) is 2.77. The summed E-state index contributed by atoms with van der Waals surface area (Å²) >= 11 is 1.99. The highest BCUT2D eigenvalue weighted by atomic mass is 32.2. The van der Waals surface area contributed by atoms with Crippen molar-refractivity contribution in [1.29, 1.82) is 0 Å². The van der Waals surface area contributed by atoms with Crippen molar-refractivity contribution in [2.45, 2.75) is 40.3 Å². The summed E-state index contributed by atoms with van der Waals surface area (Å²) in [6, 6.07) is 9.51. The Bertz CT molecular complexity index is 333. The molecule has 0 aromatic heterocycles. The van der Waals surface area contributed by atoms with Gasteiger partial charge in [-0.3, -0.25) is 0 Å². The molecule has 0 aliphatic heterocycles. The van der Waals surface area contributed by atoms with Crippen molar-refractivity contribution in [3.8, 4) is 0 Å². The minimum absolute atomic E-state index is 0.576. The standard InChI is InChI=1S/C16H28N2S/c1-5-18(6-2)16-10-8-15(9-11-16)12-17-14(4)13-19-7-3/h8-11,14,17H,5-7,12-13H2,1-4H3. The predicted octanol–water partition coefficient (Wildman–Crippen LogP) is 3.76. The highest BCUT2D eigenvalue weighted by Gasteiger charge is 2.03. The molecule has 0 radical (unpaired) electrons.